The maximum Gasteiger partial charge on any atom is 0.0388 e. The molecule has 0 spiro atoms. The molecular formula is C17H30N2. The summed E-state index contributed by atoms with van der Waals surface area (Å²) in [5.74, 6) is 3.94. The number of likely N-dealkylation sites (N-methyl/N-ethyl adjacent to an activating group) is 1. The van der Waals surface area contributed by atoms with E-state index in [4.69, 9.17) is 5.73 Å². The van der Waals surface area contributed by atoms with Crippen LogP contribution in [0.25, 0.3) is 0 Å². The monoisotopic (exact) mass is 262 g/mol. The van der Waals surface area contributed by atoms with Crippen LogP contribution in [0.1, 0.15) is 57.8 Å². The van der Waals surface area contributed by atoms with Gasteiger partial charge in [0.05, 0.1) is 0 Å². The lowest BCUT2D eigenvalue weighted by atomic mass is 9.48. The Hall–Kier alpha value is -0.0800. The first-order valence-corrected chi connectivity index (χ1v) is 8.67. The Labute approximate surface area is 118 Å². The van der Waals surface area contributed by atoms with Crippen molar-refractivity contribution in [3.05, 3.63) is 0 Å². The number of rotatable bonds is 3. The van der Waals surface area contributed by atoms with Crippen LogP contribution in [0.4, 0.5) is 0 Å². The van der Waals surface area contributed by atoms with Gasteiger partial charge in [-0.1, -0.05) is 12.8 Å². The van der Waals surface area contributed by atoms with Crippen molar-refractivity contribution in [3.8, 4) is 0 Å². The van der Waals surface area contributed by atoms with Gasteiger partial charge in [-0.05, 0) is 75.7 Å². The molecule has 4 bridgehead atoms. The van der Waals surface area contributed by atoms with Crippen LogP contribution in [0.3, 0.4) is 0 Å². The van der Waals surface area contributed by atoms with Gasteiger partial charge in [0.2, 0.25) is 0 Å². The molecule has 5 saturated carbocycles. The Morgan fingerprint density at radius 1 is 0.947 bits per heavy atom. The molecule has 5 aliphatic rings. The Kier molecular flexibility index (Phi) is 2.97. The minimum absolute atomic E-state index is 0.377. The normalized spacial score (nSPS) is 49.4. The van der Waals surface area contributed by atoms with Crippen LogP contribution in [0.2, 0.25) is 0 Å². The minimum atomic E-state index is 0.377. The fourth-order valence-electron chi connectivity index (χ4n) is 6.69. The molecule has 0 aromatic heterocycles. The fraction of sp³-hybridized carbons (Fsp3) is 1.00. The van der Waals surface area contributed by atoms with E-state index in [0.717, 1.165) is 36.3 Å². The second-order valence-corrected chi connectivity index (χ2v) is 8.05. The van der Waals surface area contributed by atoms with Gasteiger partial charge >= 0.3 is 0 Å². The predicted molar refractivity (Wildman–Crippen MR) is 78.8 cm³/mol. The van der Waals surface area contributed by atoms with Crippen LogP contribution in [-0.4, -0.2) is 30.1 Å². The van der Waals surface area contributed by atoms with Crippen molar-refractivity contribution in [1.29, 1.82) is 0 Å². The third-order valence-corrected chi connectivity index (χ3v) is 7.41. The average molecular weight is 262 g/mol. The smallest absolute Gasteiger partial charge is 0.0388 e. The molecule has 0 heterocycles. The summed E-state index contributed by atoms with van der Waals surface area (Å²) < 4.78 is 0. The highest BCUT2D eigenvalue weighted by Gasteiger charge is 2.59. The quantitative estimate of drug-likeness (QED) is 0.847. The zero-order valence-electron chi connectivity index (χ0n) is 12.5. The SMILES string of the molecule is CN(C1CCCC1)C1(CN)C2CC3CC(C2)CC1C3. The van der Waals surface area contributed by atoms with Gasteiger partial charge in [0.1, 0.15) is 0 Å². The molecule has 5 fully saturated rings. The molecule has 2 N–H and O–H groups in total. The van der Waals surface area contributed by atoms with E-state index in [1.807, 2.05) is 0 Å². The highest BCUT2D eigenvalue weighted by atomic mass is 15.2. The minimum Gasteiger partial charge on any atom is -0.329 e. The van der Waals surface area contributed by atoms with E-state index in [9.17, 15) is 0 Å². The van der Waals surface area contributed by atoms with E-state index in [2.05, 4.69) is 11.9 Å². The van der Waals surface area contributed by atoms with Crippen molar-refractivity contribution in [3.63, 3.8) is 0 Å². The highest BCUT2D eigenvalue weighted by molar-refractivity contribution is 5.13. The van der Waals surface area contributed by atoms with Crippen molar-refractivity contribution in [2.45, 2.75) is 69.4 Å². The molecule has 19 heavy (non-hydrogen) atoms. The van der Waals surface area contributed by atoms with E-state index >= 15 is 0 Å². The Bertz CT molecular complexity index is 317. The molecule has 0 atom stereocenters. The van der Waals surface area contributed by atoms with Crippen molar-refractivity contribution in [2.75, 3.05) is 13.6 Å². The molecule has 0 unspecified atom stereocenters. The van der Waals surface area contributed by atoms with Gasteiger partial charge in [-0.15, -0.1) is 0 Å². The van der Waals surface area contributed by atoms with Crippen LogP contribution in [0.15, 0.2) is 0 Å². The molecule has 0 radical (unpaired) electrons. The lowest BCUT2D eigenvalue weighted by Gasteiger charge is -2.65. The third kappa shape index (κ3) is 1.68. The molecule has 108 valence electrons. The summed E-state index contributed by atoms with van der Waals surface area (Å²) in [4.78, 5) is 2.80. The third-order valence-electron chi connectivity index (χ3n) is 7.41. The number of hydrogen-bond donors (Lipinski definition) is 1. The zero-order chi connectivity index (χ0) is 13.0. The first-order valence-electron chi connectivity index (χ1n) is 8.67. The number of nitrogens with zero attached hydrogens (tertiary/aromatic N) is 1. The maximum absolute atomic E-state index is 6.42. The Morgan fingerprint density at radius 3 is 1.95 bits per heavy atom. The molecular weight excluding hydrogens is 232 g/mol. The van der Waals surface area contributed by atoms with E-state index in [1.54, 1.807) is 6.42 Å². The summed E-state index contributed by atoms with van der Waals surface area (Å²) in [6, 6.07) is 0.834. The second kappa shape index (κ2) is 4.46. The van der Waals surface area contributed by atoms with Gasteiger partial charge in [0.25, 0.3) is 0 Å². The molecule has 5 aliphatic carbocycles. The van der Waals surface area contributed by atoms with Gasteiger partial charge in [-0.2, -0.15) is 0 Å². The molecule has 5 rings (SSSR count). The molecule has 0 aliphatic heterocycles. The summed E-state index contributed by atoms with van der Waals surface area (Å²) >= 11 is 0. The van der Waals surface area contributed by atoms with Gasteiger partial charge in [-0.3, -0.25) is 4.90 Å². The fourth-order valence-corrected chi connectivity index (χ4v) is 6.69. The number of hydrogen-bond acceptors (Lipinski definition) is 2. The van der Waals surface area contributed by atoms with E-state index in [1.165, 1.54) is 51.4 Å². The standard InChI is InChI=1S/C17H30N2/c1-19(16-4-2-3-5-16)17(11-18)14-7-12-6-13(9-14)10-15(17)8-12/h12-16H,2-11,18H2,1H3. The first-order chi connectivity index (χ1) is 9.24. The topological polar surface area (TPSA) is 29.3 Å². The number of nitrogens with two attached hydrogens (primary N) is 1. The lowest BCUT2D eigenvalue weighted by molar-refractivity contribution is -0.134. The van der Waals surface area contributed by atoms with Crippen molar-refractivity contribution < 1.29 is 0 Å². The highest BCUT2D eigenvalue weighted by Crippen LogP contribution is 2.60. The van der Waals surface area contributed by atoms with Crippen LogP contribution in [0.5, 0.6) is 0 Å². The average Bonchev–Trinajstić information content (AvgIpc) is 2.92. The van der Waals surface area contributed by atoms with Gasteiger partial charge in [0.15, 0.2) is 0 Å². The van der Waals surface area contributed by atoms with Crippen LogP contribution < -0.4 is 5.73 Å². The molecule has 2 nitrogen and oxygen atoms in total. The first kappa shape index (κ1) is 12.6. The van der Waals surface area contributed by atoms with Crippen molar-refractivity contribution in [2.24, 2.45) is 29.4 Å². The molecule has 0 amide bonds. The van der Waals surface area contributed by atoms with Crippen LogP contribution in [-0.2, 0) is 0 Å². The van der Waals surface area contributed by atoms with Crippen LogP contribution in [0, 0.1) is 23.7 Å². The molecule has 2 heteroatoms. The van der Waals surface area contributed by atoms with Gasteiger partial charge in [-0.25, -0.2) is 0 Å². The summed E-state index contributed by atoms with van der Waals surface area (Å²) in [5.41, 5.74) is 6.79. The van der Waals surface area contributed by atoms with Gasteiger partial charge < -0.3 is 5.73 Å². The summed E-state index contributed by atoms with van der Waals surface area (Å²) in [6.07, 6.45) is 13.2. The summed E-state index contributed by atoms with van der Waals surface area (Å²) in [5, 5.41) is 0. The Balaban J connectivity index is 1.65. The molecule has 0 aromatic rings. The Morgan fingerprint density at radius 2 is 1.47 bits per heavy atom. The summed E-state index contributed by atoms with van der Waals surface area (Å²) in [7, 11) is 2.42. The maximum atomic E-state index is 6.42. The van der Waals surface area contributed by atoms with E-state index in [0.29, 0.717) is 5.54 Å². The van der Waals surface area contributed by atoms with Gasteiger partial charge in [0, 0.05) is 18.1 Å². The molecule has 0 saturated heterocycles. The van der Waals surface area contributed by atoms with Crippen molar-refractivity contribution in [1.82, 2.24) is 4.90 Å². The van der Waals surface area contributed by atoms with E-state index < -0.39 is 0 Å². The zero-order valence-corrected chi connectivity index (χ0v) is 12.5. The van der Waals surface area contributed by atoms with Crippen molar-refractivity contribution >= 4 is 0 Å². The largest absolute Gasteiger partial charge is 0.329 e. The van der Waals surface area contributed by atoms with E-state index in [-0.39, 0.29) is 0 Å². The lowest BCUT2D eigenvalue weighted by Crippen LogP contribution is -2.69. The summed E-state index contributed by atoms with van der Waals surface area (Å²) in [6.45, 7) is 0.911. The van der Waals surface area contributed by atoms with Crippen LogP contribution >= 0.6 is 0 Å². The second-order valence-electron chi connectivity index (χ2n) is 8.05. The molecule has 0 aromatic carbocycles. The predicted octanol–water partition coefficient (Wildman–Crippen LogP) is 3.01.